The van der Waals surface area contributed by atoms with Gasteiger partial charge in [-0.15, -0.1) is 11.3 Å². The van der Waals surface area contributed by atoms with Gasteiger partial charge < -0.3 is 9.84 Å². The molecule has 0 radical (unpaired) electrons. The molecule has 0 atom stereocenters. The van der Waals surface area contributed by atoms with E-state index in [-0.39, 0.29) is 12.6 Å². The van der Waals surface area contributed by atoms with Crippen molar-refractivity contribution in [1.29, 1.82) is 0 Å². The minimum absolute atomic E-state index is 0.162. The maximum absolute atomic E-state index is 11.3. The molecule has 1 heterocycles. The van der Waals surface area contributed by atoms with Gasteiger partial charge in [0.15, 0.2) is 0 Å². The van der Waals surface area contributed by atoms with Gasteiger partial charge in [0.25, 0.3) is 0 Å². The van der Waals surface area contributed by atoms with Crippen LogP contribution in [0.15, 0.2) is 12.1 Å². The third-order valence-corrected chi connectivity index (χ3v) is 3.43. The molecule has 0 aliphatic rings. The summed E-state index contributed by atoms with van der Waals surface area (Å²) in [6, 6.07) is 3.73. The Morgan fingerprint density at radius 1 is 1.47 bits per heavy atom. The van der Waals surface area contributed by atoms with Gasteiger partial charge in [-0.2, -0.15) is 0 Å². The zero-order chi connectivity index (χ0) is 12.7. The monoisotopic (exact) mass is 257 g/mol. The highest BCUT2D eigenvalue weighted by atomic mass is 32.1. The van der Waals surface area contributed by atoms with E-state index in [1.165, 1.54) is 18.4 Å². The quantitative estimate of drug-likeness (QED) is 0.756. The highest BCUT2D eigenvalue weighted by Gasteiger charge is 2.11. The summed E-state index contributed by atoms with van der Waals surface area (Å²) >= 11 is 1.45. The number of rotatable bonds is 7. The second-order valence-corrected chi connectivity index (χ2v) is 4.93. The number of hydrogen-bond donors (Lipinski definition) is 1. The first-order chi connectivity index (χ1) is 8.21. The Morgan fingerprint density at radius 3 is 2.82 bits per heavy atom. The van der Waals surface area contributed by atoms with Crippen molar-refractivity contribution in [2.75, 3.05) is 26.8 Å². The molecule has 0 aliphatic carbocycles. The number of aliphatic hydroxyl groups excluding tert-OH is 1. The van der Waals surface area contributed by atoms with Crippen LogP contribution in [0.3, 0.4) is 0 Å². The summed E-state index contributed by atoms with van der Waals surface area (Å²) < 4.78 is 4.67. The topological polar surface area (TPSA) is 49.8 Å². The summed E-state index contributed by atoms with van der Waals surface area (Å²) in [6.07, 6.45) is 1.05. The summed E-state index contributed by atoms with van der Waals surface area (Å²) in [5.74, 6) is -0.287. The van der Waals surface area contributed by atoms with Crippen molar-refractivity contribution in [3.8, 4) is 0 Å². The number of carbonyl (C=O) groups is 1. The number of esters is 1. The molecule has 1 rings (SSSR count). The van der Waals surface area contributed by atoms with Crippen molar-refractivity contribution in [2.45, 2.75) is 19.9 Å². The maximum atomic E-state index is 11.3. The molecular formula is C12H19NO3S. The molecule has 0 saturated heterocycles. The Kier molecular flexibility index (Phi) is 6.18. The van der Waals surface area contributed by atoms with Gasteiger partial charge in [-0.1, -0.05) is 6.92 Å². The van der Waals surface area contributed by atoms with Gasteiger partial charge >= 0.3 is 5.97 Å². The van der Waals surface area contributed by atoms with Gasteiger partial charge in [-0.05, 0) is 25.1 Å². The van der Waals surface area contributed by atoms with Crippen molar-refractivity contribution in [3.63, 3.8) is 0 Å². The summed E-state index contributed by atoms with van der Waals surface area (Å²) in [7, 11) is 1.39. The average Bonchev–Trinajstić information content (AvgIpc) is 2.77. The molecule has 0 fully saturated rings. The van der Waals surface area contributed by atoms with E-state index in [0.29, 0.717) is 11.4 Å². The zero-order valence-electron chi connectivity index (χ0n) is 10.3. The van der Waals surface area contributed by atoms with Gasteiger partial charge in [0.2, 0.25) is 0 Å². The normalized spacial score (nSPS) is 10.8. The van der Waals surface area contributed by atoms with Crippen LogP contribution >= 0.6 is 11.3 Å². The van der Waals surface area contributed by atoms with Gasteiger partial charge in [0.05, 0.1) is 13.7 Å². The van der Waals surface area contributed by atoms with Crippen LogP contribution in [0.5, 0.6) is 0 Å². The third-order valence-electron chi connectivity index (χ3n) is 2.38. The fourth-order valence-electron chi connectivity index (χ4n) is 1.62. The minimum Gasteiger partial charge on any atom is -0.465 e. The minimum atomic E-state index is -0.287. The van der Waals surface area contributed by atoms with E-state index >= 15 is 0 Å². The number of hydrogen-bond acceptors (Lipinski definition) is 5. The molecule has 0 unspecified atom stereocenters. The van der Waals surface area contributed by atoms with Crippen LogP contribution in [-0.2, 0) is 11.3 Å². The van der Waals surface area contributed by atoms with Crippen LogP contribution in [0.1, 0.15) is 27.9 Å². The highest BCUT2D eigenvalue weighted by molar-refractivity contribution is 7.13. The Morgan fingerprint density at radius 2 is 2.24 bits per heavy atom. The van der Waals surface area contributed by atoms with E-state index in [1.54, 1.807) is 6.07 Å². The molecule has 96 valence electrons. The van der Waals surface area contributed by atoms with Gasteiger partial charge in [-0.3, -0.25) is 4.90 Å². The number of aliphatic hydroxyl groups is 1. The van der Waals surface area contributed by atoms with Crippen LogP contribution < -0.4 is 0 Å². The van der Waals surface area contributed by atoms with Crippen LogP contribution in [-0.4, -0.2) is 42.8 Å². The zero-order valence-corrected chi connectivity index (χ0v) is 11.1. The average molecular weight is 257 g/mol. The van der Waals surface area contributed by atoms with Gasteiger partial charge in [0, 0.05) is 18.0 Å². The summed E-state index contributed by atoms with van der Waals surface area (Å²) in [5, 5.41) is 8.96. The SMILES string of the molecule is CCCN(CCO)Cc1ccc(C(=O)OC)s1. The molecule has 1 N–H and O–H groups in total. The van der Waals surface area contributed by atoms with Crippen LogP contribution in [0.2, 0.25) is 0 Å². The van der Waals surface area contributed by atoms with Crippen LogP contribution in [0, 0.1) is 0 Å². The van der Waals surface area contributed by atoms with Crippen molar-refractivity contribution in [1.82, 2.24) is 4.90 Å². The second kappa shape index (κ2) is 7.42. The Bertz CT molecular complexity index is 345. The lowest BCUT2D eigenvalue weighted by Crippen LogP contribution is -2.26. The fourth-order valence-corrected chi connectivity index (χ4v) is 2.59. The molecule has 4 nitrogen and oxygen atoms in total. The van der Waals surface area contributed by atoms with E-state index in [2.05, 4.69) is 16.6 Å². The van der Waals surface area contributed by atoms with Crippen molar-refractivity contribution in [3.05, 3.63) is 21.9 Å². The first-order valence-electron chi connectivity index (χ1n) is 5.71. The number of nitrogens with zero attached hydrogens (tertiary/aromatic N) is 1. The van der Waals surface area contributed by atoms with Crippen LogP contribution in [0.4, 0.5) is 0 Å². The number of ether oxygens (including phenoxy) is 1. The molecule has 0 bridgehead atoms. The molecule has 0 saturated carbocycles. The third kappa shape index (κ3) is 4.46. The fraction of sp³-hybridized carbons (Fsp3) is 0.583. The molecule has 1 aromatic rings. The number of methoxy groups -OCH3 is 1. The lowest BCUT2D eigenvalue weighted by atomic mass is 10.3. The Balaban J connectivity index is 2.60. The molecule has 0 aromatic carbocycles. The second-order valence-electron chi connectivity index (χ2n) is 3.76. The number of thiophene rings is 1. The molecule has 0 amide bonds. The molecule has 5 heteroatoms. The number of carbonyl (C=O) groups excluding carboxylic acids is 1. The summed E-state index contributed by atoms with van der Waals surface area (Å²) in [5.41, 5.74) is 0. The predicted molar refractivity (Wildman–Crippen MR) is 68.3 cm³/mol. The Hall–Kier alpha value is -0.910. The van der Waals surface area contributed by atoms with E-state index in [9.17, 15) is 4.79 Å². The molecule has 1 aromatic heterocycles. The lowest BCUT2D eigenvalue weighted by Gasteiger charge is -2.19. The Labute approximate surface area is 106 Å². The maximum Gasteiger partial charge on any atom is 0.348 e. The summed E-state index contributed by atoms with van der Waals surface area (Å²) in [6.45, 7) is 4.66. The van der Waals surface area contributed by atoms with Gasteiger partial charge in [0.1, 0.15) is 4.88 Å². The van der Waals surface area contributed by atoms with Crippen LogP contribution in [0.25, 0.3) is 0 Å². The highest BCUT2D eigenvalue weighted by Crippen LogP contribution is 2.19. The van der Waals surface area contributed by atoms with Crippen molar-refractivity contribution < 1.29 is 14.6 Å². The first-order valence-corrected chi connectivity index (χ1v) is 6.53. The largest absolute Gasteiger partial charge is 0.465 e. The van der Waals surface area contributed by atoms with Crippen molar-refractivity contribution >= 4 is 17.3 Å². The predicted octanol–water partition coefficient (Wildman–Crippen LogP) is 1.74. The first kappa shape index (κ1) is 14.2. The van der Waals surface area contributed by atoms with Gasteiger partial charge in [-0.25, -0.2) is 4.79 Å². The lowest BCUT2D eigenvalue weighted by molar-refractivity contribution is 0.0606. The molecule has 0 spiro atoms. The van der Waals surface area contributed by atoms with E-state index < -0.39 is 0 Å². The van der Waals surface area contributed by atoms with E-state index in [1.807, 2.05) is 6.07 Å². The molecular weight excluding hydrogens is 238 g/mol. The molecule has 17 heavy (non-hydrogen) atoms. The standard InChI is InChI=1S/C12H19NO3S/c1-3-6-13(7-8-14)9-10-4-5-11(17-10)12(15)16-2/h4-5,14H,3,6-9H2,1-2H3. The molecule has 0 aliphatic heterocycles. The van der Waals surface area contributed by atoms with E-state index in [0.717, 1.165) is 24.4 Å². The van der Waals surface area contributed by atoms with Crippen molar-refractivity contribution in [2.24, 2.45) is 0 Å². The van der Waals surface area contributed by atoms with E-state index in [4.69, 9.17) is 5.11 Å². The summed E-state index contributed by atoms with van der Waals surface area (Å²) in [4.78, 5) is 15.2. The smallest absolute Gasteiger partial charge is 0.348 e.